The number of aliphatic hydroxyl groups is 1. The van der Waals surface area contributed by atoms with Crippen molar-refractivity contribution in [1.29, 1.82) is 0 Å². The van der Waals surface area contributed by atoms with E-state index in [1.807, 2.05) is 0 Å². The number of hydrogen-bond donors (Lipinski definition) is 2. The van der Waals surface area contributed by atoms with Crippen LogP contribution in [0.15, 0.2) is 41.8 Å². The Kier molecular flexibility index (Phi) is 6.08. The second-order valence-electron chi connectivity index (χ2n) is 4.97. The summed E-state index contributed by atoms with van der Waals surface area (Å²) in [5.41, 5.74) is 2.29. The molecule has 3 nitrogen and oxygen atoms in total. The van der Waals surface area contributed by atoms with Crippen molar-refractivity contribution in [3.8, 4) is 0 Å². The number of nitrogens with zero attached hydrogens (tertiary/aromatic N) is 1. The Labute approximate surface area is 131 Å². The summed E-state index contributed by atoms with van der Waals surface area (Å²) in [6, 6.07) is 13.1. The van der Waals surface area contributed by atoms with Crippen LogP contribution in [-0.4, -0.2) is 24.8 Å². The van der Waals surface area contributed by atoms with Crippen LogP contribution in [0, 0.1) is 0 Å². The summed E-state index contributed by atoms with van der Waals surface area (Å²) < 4.78 is 0. The lowest BCUT2D eigenvalue weighted by atomic mass is 10.1. The third-order valence-electron chi connectivity index (χ3n) is 3.62. The van der Waals surface area contributed by atoms with Crippen molar-refractivity contribution in [2.24, 2.45) is 0 Å². The average molecular weight is 304 g/mol. The minimum absolute atomic E-state index is 0.185. The Bertz CT molecular complexity index is 510. The number of thiophene rings is 1. The zero-order valence-corrected chi connectivity index (χ0v) is 13.6. The van der Waals surface area contributed by atoms with Crippen molar-refractivity contribution < 1.29 is 5.11 Å². The molecule has 114 valence electrons. The normalized spacial score (nSPS) is 12.1. The van der Waals surface area contributed by atoms with Gasteiger partial charge in [-0.3, -0.25) is 0 Å². The lowest BCUT2D eigenvalue weighted by Gasteiger charge is -2.23. The Balaban J connectivity index is 2.04. The number of hydrogen-bond acceptors (Lipinski definition) is 4. The maximum absolute atomic E-state index is 9.09. The molecule has 0 radical (unpaired) electrons. The molecular weight excluding hydrogens is 280 g/mol. The summed E-state index contributed by atoms with van der Waals surface area (Å²) >= 11 is 1.79. The van der Waals surface area contributed by atoms with E-state index in [-0.39, 0.29) is 6.61 Å². The summed E-state index contributed by atoms with van der Waals surface area (Å²) in [6.45, 7) is 6.07. The van der Waals surface area contributed by atoms with Gasteiger partial charge in [0, 0.05) is 29.3 Å². The smallest absolute Gasteiger partial charge is 0.0606 e. The van der Waals surface area contributed by atoms with Crippen molar-refractivity contribution >= 4 is 22.7 Å². The third kappa shape index (κ3) is 4.22. The monoisotopic (exact) mass is 304 g/mol. The number of likely N-dealkylation sites (N-methyl/N-ethyl adjacent to an activating group) is 1. The fraction of sp³-hybridized carbons (Fsp3) is 0.412. The Morgan fingerprint density at radius 2 is 1.95 bits per heavy atom. The van der Waals surface area contributed by atoms with Crippen LogP contribution in [0.5, 0.6) is 0 Å². The first kappa shape index (κ1) is 15.9. The molecule has 0 aliphatic rings. The molecule has 0 saturated carbocycles. The molecule has 1 heterocycles. The van der Waals surface area contributed by atoms with E-state index in [1.54, 1.807) is 11.3 Å². The molecule has 1 aromatic heterocycles. The lowest BCUT2D eigenvalue weighted by molar-refractivity contribution is 0.302. The number of nitrogens with one attached hydrogen (secondary N) is 1. The molecule has 2 rings (SSSR count). The third-order valence-corrected chi connectivity index (χ3v) is 4.61. The van der Waals surface area contributed by atoms with Crippen LogP contribution in [0.25, 0.3) is 0 Å². The standard InChI is InChI=1S/C17H24N2OS/c1-3-16(17-6-5-13-21-17)18-14-7-9-15(10-8-14)19(4-2)11-12-20/h5-10,13,16,18,20H,3-4,11-12H2,1-2H3. The summed E-state index contributed by atoms with van der Waals surface area (Å²) in [6.07, 6.45) is 1.06. The van der Waals surface area contributed by atoms with Crippen LogP contribution in [0.4, 0.5) is 11.4 Å². The highest BCUT2D eigenvalue weighted by molar-refractivity contribution is 7.10. The van der Waals surface area contributed by atoms with Gasteiger partial charge in [0.1, 0.15) is 0 Å². The molecule has 0 amide bonds. The maximum atomic E-state index is 9.09. The molecule has 0 saturated heterocycles. The first-order chi connectivity index (χ1) is 10.3. The van der Waals surface area contributed by atoms with Crippen LogP contribution >= 0.6 is 11.3 Å². The van der Waals surface area contributed by atoms with Crippen LogP contribution < -0.4 is 10.2 Å². The molecule has 1 atom stereocenters. The Hall–Kier alpha value is -1.52. The van der Waals surface area contributed by atoms with Gasteiger partial charge in [0.05, 0.1) is 12.6 Å². The minimum atomic E-state index is 0.185. The van der Waals surface area contributed by atoms with Gasteiger partial charge < -0.3 is 15.3 Å². The fourth-order valence-electron chi connectivity index (χ4n) is 2.42. The molecule has 1 unspecified atom stereocenters. The predicted molar refractivity (Wildman–Crippen MR) is 92.4 cm³/mol. The van der Waals surface area contributed by atoms with Gasteiger partial charge in [0.2, 0.25) is 0 Å². The fourth-order valence-corrected chi connectivity index (χ4v) is 3.29. The van der Waals surface area contributed by atoms with Gasteiger partial charge in [-0.2, -0.15) is 0 Å². The highest BCUT2D eigenvalue weighted by atomic mass is 32.1. The zero-order chi connectivity index (χ0) is 15.1. The van der Waals surface area contributed by atoms with E-state index < -0.39 is 0 Å². The van der Waals surface area contributed by atoms with Crippen molar-refractivity contribution in [2.45, 2.75) is 26.3 Å². The van der Waals surface area contributed by atoms with Gasteiger partial charge in [0.25, 0.3) is 0 Å². The number of anilines is 2. The first-order valence-electron chi connectivity index (χ1n) is 7.54. The number of benzene rings is 1. The van der Waals surface area contributed by atoms with E-state index in [4.69, 9.17) is 5.11 Å². The molecule has 1 aromatic carbocycles. The Morgan fingerprint density at radius 3 is 2.48 bits per heavy atom. The van der Waals surface area contributed by atoms with Crippen molar-refractivity contribution in [3.63, 3.8) is 0 Å². The van der Waals surface area contributed by atoms with E-state index in [2.05, 4.69) is 65.8 Å². The molecule has 0 spiro atoms. The molecular formula is C17H24N2OS. The molecule has 4 heteroatoms. The van der Waals surface area contributed by atoms with Crippen molar-refractivity contribution in [3.05, 3.63) is 46.7 Å². The molecule has 0 aliphatic heterocycles. The number of aliphatic hydroxyl groups excluding tert-OH is 1. The van der Waals surface area contributed by atoms with E-state index in [9.17, 15) is 0 Å². The highest BCUT2D eigenvalue weighted by Crippen LogP contribution is 2.27. The topological polar surface area (TPSA) is 35.5 Å². The van der Waals surface area contributed by atoms with Crippen LogP contribution in [0.1, 0.15) is 31.2 Å². The van der Waals surface area contributed by atoms with E-state index in [0.29, 0.717) is 12.6 Å². The molecule has 21 heavy (non-hydrogen) atoms. The summed E-state index contributed by atoms with van der Waals surface area (Å²) in [5.74, 6) is 0. The van der Waals surface area contributed by atoms with Gasteiger partial charge in [-0.05, 0) is 49.1 Å². The van der Waals surface area contributed by atoms with Gasteiger partial charge in [-0.25, -0.2) is 0 Å². The minimum Gasteiger partial charge on any atom is -0.395 e. The number of rotatable bonds is 8. The van der Waals surface area contributed by atoms with Crippen molar-refractivity contribution in [1.82, 2.24) is 0 Å². The molecule has 0 fully saturated rings. The van der Waals surface area contributed by atoms with Crippen LogP contribution in [-0.2, 0) is 0 Å². The van der Waals surface area contributed by atoms with Crippen LogP contribution in [0.2, 0.25) is 0 Å². The summed E-state index contributed by atoms with van der Waals surface area (Å²) in [5, 5.41) is 14.8. The predicted octanol–water partition coefficient (Wildman–Crippen LogP) is 4.13. The molecule has 2 N–H and O–H groups in total. The van der Waals surface area contributed by atoms with E-state index in [1.165, 1.54) is 4.88 Å². The molecule has 2 aromatic rings. The Morgan fingerprint density at radius 1 is 1.19 bits per heavy atom. The first-order valence-corrected chi connectivity index (χ1v) is 8.42. The van der Waals surface area contributed by atoms with E-state index >= 15 is 0 Å². The zero-order valence-electron chi connectivity index (χ0n) is 12.7. The largest absolute Gasteiger partial charge is 0.395 e. The van der Waals surface area contributed by atoms with Crippen LogP contribution in [0.3, 0.4) is 0 Å². The lowest BCUT2D eigenvalue weighted by Crippen LogP contribution is -2.25. The van der Waals surface area contributed by atoms with Crippen molar-refractivity contribution in [2.75, 3.05) is 29.9 Å². The SMILES string of the molecule is CCC(Nc1ccc(N(CC)CCO)cc1)c1cccs1. The molecule has 0 aliphatic carbocycles. The summed E-state index contributed by atoms with van der Waals surface area (Å²) in [7, 11) is 0. The van der Waals surface area contributed by atoms with Gasteiger partial charge in [-0.15, -0.1) is 11.3 Å². The second-order valence-corrected chi connectivity index (χ2v) is 5.95. The second kappa shape index (κ2) is 8.05. The quantitative estimate of drug-likeness (QED) is 0.769. The van der Waals surface area contributed by atoms with Gasteiger partial charge in [-0.1, -0.05) is 13.0 Å². The van der Waals surface area contributed by atoms with Gasteiger partial charge >= 0.3 is 0 Å². The highest BCUT2D eigenvalue weighted by Gasteiger charge is 2.10. The average Bonchev–Trinajstić information content (AvgIpc) is 3.05. The maximum Gasteiger partial charge on any atom is 0.0606 e. The summed E-state index contributed by atoms with van der Waals surface area (Å²) in [4.78, 5) is 3.54. The molecule has 0 bridgehead atoms. The van der Waals surface area contributed by atoms with E-state index in [0.717, 1.165) is 24.3 Å². The van der Waals surface area contributed by atoms with Gasteiger partial charge in [0.15, 0.2) is 0 Å².